The van der Waals surface area contributed by atoms with Gasteiger partial charge in [-0.1, -0.05) is 26.0 Å². The number of carbonyl (C=O) groups is 1. The molecule has 0 N–H and O–H groups in total. The molecule has 0 radical (unpaired) electrons. The van der Waals surface area contributed by atoms with Crippen LogP contribution < -0.4 is 14.5 Å². The Balaban J connectivity index is 1.64. The zero-order valence-electron chi connectivity index (χ0n) is 16.9. The summed E-state index contributed by atoms with van der Waals surface area (Å²) in [6, 6.07) is 7.67. The smallest absolute Gasteiger partial charge is 0.226 e. The number of benzene rings is 1. The van der Waals surface area contributed by atoms with Crippen molar-refractivity contribution in [1.29, 1.82) is 0 Å². The van der Waals surface area contributed by atoms with Crippen molar-refractivity contribution in [3.8, 4) is 5.75 Å². The van der Waals surface area contributed by atoms with Gasteiger partial charge in [-0.05, 0) is 17.7 Å². The van der Waals surface area contributed by atoms with Gasteiger partial charge in [0, 0.05) is 39.4 Å². The Morgan fingerprint density at radius 3 is 2.71 bits per heavy atom. The number of ether oxygens (including phenoxy) is 1. The molecular formula is C21H27FN4O2. The van der Waals surface area contributed by atoms with Gasteiger partial charge in [0.1, 0.15) is 17.6 Å². The Hall–Kier alpha value is -2.70. The van der Waals surface area contributed by atoms with Gasteiger partial charge >= 0.3 is 0 Å². The Bertz CT molecular complexity index is 826. The molecule has 0 saturated carbocycles. The van der Waals surface area contributed by atoms with Crippen LogP contribution in [-0.2, 0) is 4.79 Å². The summed E-state index contributed by atoms with van der Waals surface area (Å²) in [5.74, 6) is 1.24. The van der Waals surface area contributed by atoms with Gasteiger partial charge in [-0.2, -0.15) is 4.98 Å². The number of halogens is 1. The van der Waals surface area contributed by atoms with E-state index < -0.39 is 5.82 Å². The number of carbonyl (C=O) groups excluding carboxylic acids is 1. The van der Waals surface area contributed by atoms with Crippen LogP contribution in [0.3, 0.4) is 0 Å². The quantitative estimate of drug-likeness (QED) is 0.727. The van der Waals surface area contributed by atoms with Crippen LogP contribution in [0.1, 0.15) is 38.2 Å². The molecule has 1 aliphatic rings. The summed E-state index contributed by atoms with van der Waals surface area (Å²) in [5.41, 5.74) is 0.992. The molecule has 2 atom stereocenters. The number of nitrogens with zero attached hydrogens (tertiary/aromatic N) is 4. The summed E-state index contributed by atoms with van der Waals surface area (Å²) in [4.78, 5) is 23.8. The molecule has 1 saturated heterocycles. The third kappa shape index (κ3) is 4.40. The second-order valence-electron chi connectivity index (χ2n) is 7.32. The summed E-state index contributed by atoms with van der Waals surface area (Å²) < 4.78 is 20.3. The van der Waals surface area contributed by atoms with Gasteiger partial charge in [0.05, 0.1) is 12.7 Å². The highest BCUT2D eigenvalue weighted by molar-refractivity contribution is 5.85. The molecule has 7 heteroatoms. The summed E-state index contributed by atoms with van der Waals surface area (Å²) in [7, 11) is 3.65. The van der Waals surface area contributed by atoms with Crippen molar-refractivity contribution < 1.29 is 13.9 Å². The first-order valence-electron chi connectivity index (χ1n) is 9.63. The zero-order chi connectivity index (χ0) is 20.3. The molecule has 150 valence electrons. The standard InChI is InChI=1S/C21H27FN4O2/c1-5-19(27)14(2)15-6-8-16(9-7-15)28-17-10-11-26(13-17)20-18(22)12-23-21(24-20)25(3)4/h6-9,12,14,17H,5,10-11,13H2,1-4H3/t14?,17-/m1/s1. The SMILES string of the molecule is CCC(=O)C(C)c1ccc(O[C@@H]2CCN(c3nc(N(C)C)ncc3F)C2)cc1. The lowest BCUT2D eigenvalue weighted by atomic mass is 9.95. The Kier molecular flexibility index (Phi) is 6.11. The van der Waals surface area contributed by atoms with Crippen LogP contribution in [0.25, 0.3) is 0 Å². The van der Waals surface area contributed by atoms with Crippen LogP contribution in [0, 0.1) is 5.82 Å². The van der Waals surface area contributed by atoms with E-state index in [1.165, 1.54) is 6.20 Å². The normalized spacial score (nSPS) is 17.5. The van der Waals surface area contributed by atoms with Crippen molar-refractivity contribution in [1.82, 2.24) is 9.97 Å². The van der Waals surface area contributed by atoms with E-state index in [1.54, 1.807) is 4.90 Å². The maximum Gasteiger partial charge on any atom is 0.226 e. The van der Waals surface area contributed by atoms with Crippen molar-refractivity contribution in [3.63, 3.8) is 0 Å². The molecule has 1 aromatic carbocycles. The maximum atomic E-state index is 14.2. The number of aromatic nitrogens is 2. The molecule has 6 nitrogen and oxygen atoms in total. The molecule has 28 heavy (non-hydrogen) atoms. The number of anilines is 2. The Morgan fingerprint density at radius 1 is 1.36 bits per heavy atom. The van der Waals surface area contributed by atoms with Crippen LogP contribution in [0.2, 0.25) is 0 Å². The molecule has 0 spiro atoms. The van der Waals surface area contributed by atoms with E-state index in [4.69, 9.17) is 4.74 Å². The van der Waals surface area contributed by atoms with Crippen LogP contribution in [0.5, 0.6) is 5.75 Å². The molecule has 1 unspecified atom stereocenters. The average Bonchev–Trinajstić information content (AvgIpc) is 3.15. The van der Waals surface area contributed by atoms with E-state index in [-0.39, 0.29) is 17.8 Å². The predicted octanol–water partition coefficient (Wildman–Crippen LogP) is 3.42. The predicted molar refractivity (Wildman–Crippen MR) is 108 cm³/mol. The first kappa shape index (κ1) is 20.0. The summed E-state index contributed by atoms with van der Waals surface area (Å²) >= 11 is 0. The number of hydrogen-bond acceptors (Lipinski definition) is 6. The van der Waals surface area contributed by atoms with E-state index in [9.17, 15) is 9.18 Å². The summed E-state index contributed by atoms with van der Waals surface area (Å²) in [5, 5.41) is 0. The topological polar surface area (TPSA) is 58.6 Å². The van der Waals surface area contributed by atoms with Crippen LogP contribution in [0.15, 0.2) is 30.5 Å². The van der Waals surface area contributed by atoms with Crippen molar-refractivity contribution in [3.05, 3.63) is 41.8 Å². The van der Waals surface area contributed by atoms with E-state index in [2.05, 4.69) is 9.97 Å². The van der Waals surface area contributed by atoms with Crippen LogP contribution >= 0.6 is 0 Å². The Morgan fingerprint density at radius 2 is 2.07 bits per heavy atom. The number of Topliss-reactive ketones (excluding diaryl/α,β-unsaturated/α-hetero) is 1. The molecule has 2 aromatic rings. The largest absolute Gasteiger partial charge is 0.489 e. The van der Waals surface area contributed by atoms with Gasteiger partial charge < -0.3 is 14.5 Å². The zero-order valence-corrected chi connectivity index (χ0v) is 16.9. The number of hydrogen-bond donors (Lipinski definition) is 0. The fraction of sp³-hybridized carbons (Fsp3) is 0.476. The maximum absolute atomic E-state index is 14.2. The van der Waals surface area contributed by atoms with Gasteiger partial charge in [0.25, 0.3) is 0 Å². The molecule has 0 bridgehead atoms. The van der Waals surface area contributed by atoms with Crippen LogP contribution in [0.4, 0.5) is 16.2 Å². The number of ketones is 1. The highest BCUT2D eigenvalue weighted by Crippen LogP contribution is 2.26. The first-order valence-corrected chi connectivity index (χ1v) is 9.63. The fourth-order valence-corrected chi connectivity index (χ4v) is 3.32. The minimum Gasteiger partial charge on any atom is -0.489 e. The highest BCUT2D eigenvalue weighted by atomic mass is 19.1. The molecule has 1 aromatic heterocycles. The Labute approximate surface area is 165 Å². The van der Waals surface area contributed by atoms with Crippen LogP contribution in [-0.4, -0.2) is 49.0 Å². The molecular weight excluding hydrogens is 359 g/mol. The molecule has 1 aliphatic heterocycles. The fourth-order valence-electron chi connectivity index (χ4n) is 3.32. The summed E-state index contributed by atoms with van der Waals surface area (Å²) in [6.45, 7) is 5.04. The average molecular weight is 386 g/mol. The minimum atomic E-state index is -0.426. The molecule has 0 amide bonds. The second-order valence-corrected chi connectivity index (χ2v) is 7.32. The number of rotatable bonds is 7. The molecule has 1 fully saturated rings. The van der Waals surface area contributed by atoms with Gasteiger partial charge in [0.15, 0.2) is 11.6 Å². The molecule has 0 aliphatic carbocycles. The van der Waals surface area contributed by atoms with Crippen molar-refractivity contribution in [2.24, 2.45) is 0 Å². The molecule has 3 rings (SSSR count). The van der Waals surface area contributed by atoms with E-state index in [0.717, 1.165) is 17.7 Å². The van der Waals surface area contributed by atoms with Crippen molar-refractivity contribution >= 4 is 17.5 Å². The van der Waals surface area contributed by atoms with Gasteiger partial charge in [0.2, 0.25) is 5.95 Å². The van der Waals surface area contributed by atoms with E-state index in [1.807, 2.05) is 57.1 Å². The van der Waals surface area contributed by atoms with Crippen molar-refractivity contribution in [2.45, 2.75) is 38.7 Å². The lowest BCUT2D eigenvalue weighted by molar-refractivity contribution is -0.119. The van der Waals surface area contributed by atoms with E-state index >= 15 is 0 Å². The monoisotopic (exact) mass is 386 g/mol. The van der Waals surface area contributed by atoms with Gasteiger partial charge in [-0.15, -0.1) is 0 Å². The minimum absolute atomic E-state index is 0.0438. The van der Waals surface area contributed by atoms with Crippen molar-refractivity contribution in [2.75, 3.05) is 37.0 Å². The third-order valence-electron chi connectivity index (χ3n) is 5.07. The highest BCUT2D eigenvalue weighted by Gasteiger charge is 2.27. The second kappa shape index (κ2) is 8.54. The molecule has 2 heterocycles. The third-order valence-corrected chi connectivity index (χ3v) is 5.07. The lowest BCUT2D eigenvalue weighted by Crippen LogP contribution is -2.27. The summed E-state index contributed by atoms with van der Waals surface area (Å²) in [6.07, 6.45) is 2.49. The lowest BCUT2D eigenvalue weighted by Gasteiger charge is -2.20. The van der Waals surface area contributed by atoms with E-state index in [0.29, 0.717) is 31.3 Å². The van der Waals surface area contributed by atoms with Gasteiger partial charge in [-0.3, -0.25) is 4.79 Å². The first-order chi connectivity index (χ1) is 13.4. The van der Waals surface area contributed by atoms with Gasteiger partial charge in [-0.25, -0.2) is 9.37 Å².